The molecule has 4 heteroatoms. The molecule has 2 aromatic rings. The summed E-state index contributed by atoms with van der Waals surface area (Å²) in [5, 5.41) is 3.41. The Balaban J connectivity index is 1.75. The van der Waals surface area contributed by atoms with E-state index in [1.165, 1.54) is 17.8 Å². The number of likely N-dealkylation sites (tertiary alicyclic amines) is 1. The Hall–Kier alpha value is -1.26. The van der Waals surface area contributed by atoms with Crippen LogP contribution in [0.1, 0.15) is 35.3 Å². The average Bonchev–Trinajstić information content (AvgIpc) is 2.99. The van der Waals surface area contributed by atoms with Crippen LogP contribution in [0, 0.1) is 6.92 Å². The normalized spacial score (nSPS) is 20.4. The van der Waals surface area contributed by atoms with Gasteiger partial charge in [-0.05, 0) is 38.4 Å². The van der Waals surface area contributed by atoms with Crippen molar-refractivity contribution in [1.82, 2.24) is 14.9 Å². The van der Waals surface area contributed by atoms with Crippen molar-refractivity contribution >= 4 is 11.3 Å². The Morgan fingerprint density at radius 1 is 1.44 bits per heavy atom. The minimum Gasteiger partial charge on any atom is -0.288 e. The lowest BCUT2D eigenvalue weighted by Crippen LogP contribution is -2.23. The van der Waals surface area contributed by atoms with Crippen LogP contribution < -0.4 is 0 Å². The van der Waals surface area contributed by atoms with Gasteiger partial charge in [-0.15, -0.1) is 11.3 Å². The lowest BCUT2D eigenvalue weighted by atomic mass is 10.2. The summed E-state index contributed by atoms with van der Waals surface area (Å²) in [7, 11) is 0. The molecule has 3 rings (SSSR count). The molecule has 1 saturated heterocycles. The van der Waals surface area contributed by atoms with E-state index in [1.807, 2.05) is 12.3 Å². The van der Waals surface area contributed by atoms with Crippen LogP contribution in [0.4, 0.5) is 0 Å². The molecule has 94 valence electrons. The third kappa shape index (κ3) is 2.44. The lowest BCUT2D eigenvalue weighted by molar-refractivity contribution is 0.245. The number of nitrogens with zero attached hydrogens (tertiary/aromatic N) is 3. The second-order valence-corrected chi connectivity index (χ2v) is 5.67. The molecule has 3 heterocycles. The summed E-state index contributed by atoms with van der Waals surface area (Å²) < 4.78 is 0. The van der Waals surface area contributed by atoms with Crippen molar-refractivity contribution in [2.24, 2.45) is 0 Å². The number of aryl methyl sites for hydroxylation is 1. The second kappa shape index (κ2) is 5.16. The fourth-order valence-electron chi connectivity index (χ4n) is 2.52. The summed E-state index contributed by atoms with van der Waals surface area (Å²) in [5.74, 6) is 0. The maximum absolute atomic E-state index is 4.64. The molecule has 18 heavy (non-hydrogen) atoms. The van der Waals surface area contributed by atoms with E-state index in [0.717, 1.165) is 24.5 Å². The first-order chi connectivity index (χ1) is 8.83. The Bertz CT molecular complexity index is 509. The third-order valence-electron chi connectivity index (χ3n) is 3.38. The highest BCUT2D eigenvalue weighted by atomic mass is 32.1. The topological polar surface area (TPSA) is 29.0 Å². The number of hydrogen-bond acceptors (Lipinski definition) is 4. The van der Waals surface area contributed by atoms with Gasteiger partial charge in [-0.1, -0.05) is 6.07 Å². The van der Waals surface area contributed by atoms with Crippen molar-refractivity contribution < 1.29 is 0 Å². The Morgan fingerprint density at radius 3 is 3.11 bits per heavy atom. The predicted molar refractivity (Wildman–Crippen MR) is 73.5 cm³/mol. The summed E-state index contributed by atoms with van der Waals surface area (Å²) in [5.41, 5.74) is 2.29. The molecule has 1 atom stereocenters. The van der Waals surface area contributed by atoms with Gasteiger partial charge in [-0.3, -0.25) is 9.88 Å². The van der Waals surface area contributed by atoms with Gasteiger partial charge in [0, 0.05) is 23.8 Å². The molecule has 0 radical (unpaired) electrons. The molecule has 0 aliphatic carbocycles. The zero-order valence-corrected chi connectivity index (χ0v) is 11.4. The molecule has 0 saturated carbocycles. The van der Waals surface area contributed by atoms with Crippen molar-refractivity contribution in [3.63, 3.8) is 0 Å². The molecule has 2 aromatic heterocycles. The van der Waals surface area contributed by atoms with Crippen LogP contribution in [0.5, 0.6) is 0 Å². The molecule has 1 fully saturated rings. The van der Waals surface area contributed by atoms with Crippen molar-refractivity contribution in [3.8, 4) is 0 Å². The maximum Gasteiger partial charge on any atom is 0.110 e. The number of aromatic nitrogens is 2. The first-order valence-corrected chi connectivity index (χ1v) is 7.27. The van der Waals surface area contributed by atoms with Gasteiger partial charge in [0.25, 0.3) is 0 Å². The van der Waals surface area contributed by atoms with E-state index in [4.69, 9.17) is 0 Å². The smallest absolute Gasteiger partial charge is 0.110 e. The molecule has 0 N–H and O–H groups in total. The first kappa shape index (κ1) is 11.8. The molecule has 0 bridgehead atoms. The van der Waals surface area contributed by atoms with Crippen LogP contribution in [0.15, 0.2) is 29.8 Å². The molecular weight excluding hydrogens is 242 g/mol. The van der Waals surface area contributed by atoms with Crippen LogP contribution >= 0.6 is 11.3 Å². The highest BCUT2D eigenvalue weighted by molar-refractivity contribution is 7.09. The van der Waals surface area contributed by atoms with Crippen LogP contribution in [-0.2, 0) is 6.54 Å². The standard InChI is InChI=1S/C14H17N3S/c1-11-10-18-14(16-11)13-6-4-8-17(13)9-12-5-2-3-7-15-12/h2-3,5,7,10,13H,4,6,8-9H2,1H3. The minimum absolute atomic E-state index is 0.491. The van der Waals surface area contributed by atoms with Crippen LogP contribution in [-0.4, -0.2) is 21.4 Å². The van der Waals surface area contributed by atoms with E-state index in [0.29, 0.717) is 6.04 Å². The zero-order chi connectivity index (χ0) is 12.4. The molecule has 1 unspecified atom stereocenters. The van der Waals surface area contributed by atoms with Crippen molar-refractivity contribution in [3.05, 3.63) is 46.2 Å². The van der Waals surface area contributed by atoms with E-state index in [2.05, 4.69) is 39.3 Å². The highest BCUT2D eigenvalue weighted by Crippen LogP contribution is 2.34. The quantitative estimate of drug-likeness (QED) is 0.847. The maximum atomic E-state index is 4.64. The van der Waals surface area contributed by atoms with Crippen LogP contribution in [0.3, 0.4) is 0 Å². The highest BCUT2D eigenvalue weighted by Gasteiger charge is 2.28. The first-order valence-electron chi connectivity index (χ1n) is 6.39. The van der Waals surface area contributed by atoms with E-state index in [1.54, 1.807) is 11.3 Å². The summed E-state index contributed by atoms with van der Waals surface area (Å²) in [4.78, 5) is 11.6. The van der Waals surface area contributed by atoms with Gasteiger partial charge in [0.1, 0.15) is 5.01 Å². The predicted octanol–water partition coefficient (Wildman–Crippen LogP) is 3.18. The number of hydrogen-bond donors (Lipinski definition) is 0. The van der Waals surface area contributed by atoms with Gasteiger partial charge in [0.05, 0.1) is 11.7 Å². The fourth-order valence-corrected chi connectivity index (χ4v) is 3.48. The number of rotatable bonds is 3. The van der Waals surface area contributed by atoms with E-state index in [9.17, 15) is 0 Å². The van der Waals surface area contributed by atoms with Gasteiger partial charge >= 0.3 is 0 Å². The number of thiazole rings is 1. The van der Waals surface area contributed by atoms with E-state index < -0.39 is 0 Å². The molecule has 3 nitrogen and oxygen atoms in total. The number of pyridine rings is 1. The van der Waals surface area contributed by atoms with Crippen molar-refractivity contribution in [1.29, 1.82) is 0 Å². The molecule has 1 aliphatic rings. The van der Waals surface area contributed by atoms with Crippen molar-refractivity contribution in [2.75, 3.05) is 6.54 Å². The van der Waals surface area contributed by atoms with Crippen LogP contribution in [0.2, 0.25) is 0 Å². The average molecular weight is 259 g/mol. The van der Waals surface area contributed by atoms with Gasteiger partial charge in [0.2, 0.25) is 0 Å². The summed E-state index contributed by atoms with van der Waals surface area (Å²) >= 11 is 1.79. The lowest BCUT2D eigenvalue weighted by Gasteiger charge is -2.22. The molecule has 0 spiro atoms. The second-order valence-electron chi connectivity index (χ2n) is 4.78. The SMILES string of the molecule is Cc1csc(C2CCCN2Cc2ccccn2)n1. The molecule has 1 aliphatic heterocycles. The molecule has 0 amide bonds. The minimum atomic E-state index is 0.491. The van der Waals surface area contributed by atoms with Crippen LogP contribution in [0.25, 0.3) is 0 Å². The molecule has 0 aromatic carbocycles. The largest absolute Gasteiger partial charge is 0.288 e. The monoisotopic (exact) mass is 259 g/mol. The van der Waals surface area contributed by atoms with Crippen molar-refractivity contribution in [2.45, 2.75) is 32.4 Å². The Labute approximate surface area is 112 Å². The van der Waals surface area contributed by atoms with E-state index in [-0.39, 0.29) is 0 Å². The fraction of sp³-hybridized carbons (Fsp3) is 0.429. The third-order valence-corrected chi connectivity index (χ3v) is 4.44. The summed E-state index contributed by atoms with van der Waals surface area (Å²) in [6.45, 7) is 4.15. The Morgan fingerprint density at radius 2 is 2.39 bits per heavy atom. The summed E-state index contributed by atoms with van der Waals surface area (Å²) in [6.07, 6.45) is 4.35. The zero-order valence-electron chi connectivity index (χ0n) is 10.5. The van der Waals surface area contributed by atoms with Gasteiger partial charge in [-0.25, -0.2) is 4.98 Å². The van der Waals surface area contributed by atoms with Gasteiger partial charge in [0.15, 0.2) is 0 Å². The van der Waals surface area contributed by atoms with E-state index >= 15 is 0 Å². The van der Waals surface area contributed by atoms with Gasteiger partial charge < -0.3 is 0 Å². The molecular formula is C14H17N3S. The Kier molecular flexibility index (Phi) is 3.39. The summed E-state index contributed by atoms with van der Waals surface area (Å²) in [6, 6.07) is 6.61. The van der Waals surface area contributed by atoms with Gasteiger partial charge in [-0.2, -0.15) is 0 Å².